The van der Waals surface area contributed by atoms with E-state index in [-0.39, 0.29) is 6.04 Å². The van der Waals surface area contributed by atoms with E-state index >= 15 is 0 Å². The van der Waals surface area contributed by atoms with Crippen molar-refractivity contribution < 1.29 is 4.74 Å². The number of ether oxygens (including phenoxy) is 1. The number of thioether (sulfide) groups is 1. The molecule has 5 heteroatoms. The molecule has 0 aliphatic carbocycles. The molecule has 0 bridgehead atoms. The highest BCUT2D eigenvalue weighted by molar-refractivity contribution is 7.98. The highest BCUT2D eigenvalue weighted by Crippen LogP contribution is 1.99. The number of thiocarbonyl (C=S) groups is 1. The van der Waals surface area contributed by atoms with Gasteiger partial charge in [0, 0.05) is 19.2 Å². The third-order valence-electron chi connectivity index (χ3n) is 1.93. The van der Waals surface area contributed by atoms with E-state index in [0.717, 1.165) is 12.2 Å². The Labute approximate surface area is 103 Å². The Bertz CT molecular complexity index is 179. The molecular weight excluding hydrogens is 228 g/mol. The molecule has 3 nitrogen and oxygen atoms in total. The van der Waals surface area contributed by atoms with Crippen LogP contribution < -0.4 is 10.6 Å². The second kappa shape index (κ2) is 9.24. The van der Waals surface area contributed by atoms with E-state index in [9.17, 15) is 0 Å². The van der Waals surface area contributed by atoms with Crippen LogP contribution in [0.3, 0.4) is 0 Å². The van der Waals surface area contributed by atoms with E-state index in [4.69, 9.17) is 17.0 Å². The van der Waals surface area contributed by atoms with Crippen molar-refractivity contribution in [2.75, 3.05) is 25.7 Å². The Morgan fingerprint density at radius 3 is 2.47 bits per heavy atom. The summed E-state index contributed by atoms with van der Waals surface area (Å²) in [5, 5.41) is 7.15. The SMILES string of the molecule is COCC(C)NC(=S)NC(C)CCSC. The van der Waals surface area contributed by atoms with Gasteiger partial charge in [0.25, 0.3) is 0 Å². The Morgan fingerprint density at radius 2 is 1.93 bits per heavy atom. The van der Waals surface area contributed by atoms with Crippen LogP contribution in [0.4, 0.5) is 0 Å². The molecule has 0 fully saturated rings. The topological polar surface area (TPSA) is 33.3 Å². The molecule has 0 rings (SSSR count). The zero-order valence-corrected chi connectivity index (χ0v) is 11.6. The summed E-state index contributed by atoms with van der Waals surface area (Å²) in [6.07, 6.45) is 3.24. The molecule has 0 aliphatic heterocycles. The zero-order chi connectivity index (χ0) is 11.7. The minimum absolute atomic E-state index is 0.253. The molecule has 0 saturated heterocycles. The smallest absolute Gasteiger partial charge is 0.166 e. The third-order valence-corrected chi connectivity index (χ3v) is 2.81. The summed E-state index contributed by atoms with van der Waals surface area (Å²) in [7, 11) is 1.69. The molecule has 90 valence electrons. The largest absolute Gasteiger partial charge is 0.383 e. The van der Waals surface area contributed by atoms with Gasteiger partial charge in [0.15, 0.2) is 5.11 Å². The van der Waals surface area contributed by atoms with Crippen LogP contribution >= 0.6 is 24.0 Å². The molecule has 0 amide bonds. The maximum atomic E-state index is 5.19. The summed E-state index contributed by atoms with van der Waals surface area (Å²) in [4.78, 5) is 0. The van der Waals surface area contributed by atoms with Crippen LogP contribution in [0, 0.1) is 0 Å². The summed E-state index contributed by atoms with van der Waals surface area (Å²) < 4.78 is 5.02. The predicted octanol–water partition coefficient (Wildman–Crippen LogP) is 1.63. The Balaban J connectivity index is 3.63. The van der Waals surface area contributed by atoms with Crippen molar-refractivity contribution in [1.29, 1.82) is 0 Å². The quantitative estimate of drug-likeness (QED) is 0.671. The Kier molecular flexibility index (Phi) is 9.24. The Hall–Kier alpha value is 0. The van der Waals surface area contributed by atoms with Crippen LogP contribution in [0.25, 0.3) is 0 Å². The van der Waals surface area contributed by atoms with Gasteiger partial charge in [-0.25, -0.2) is 0 Å². The highest BCUT2D eigenvalue weighted by atomic mass is 32.2. The van der Waals surface area contributed by atoms with Gasteiger partial charge >= 0.3 is 0 Å². The van der Waals surface area contributed by atoms with Gasteiger partial charge in [-0.2, -0.15) is 11.8 Å². The van der Waals surface area contributed by atoms with Gasteiger partial charge < -0.3 is 15.4 Å². The monoisotopic (exact) mass is 250 g/mol. The lowest BCUT2D eigenvalue weighted by Crippen LogP contribution is -2.45. The average Bonchev–Trinajstić information content (AvgIpc) is 2.14. The second-order valence-electron chi connectivity index (χ2n) is 3.66. The molecule has 0 aromatic carbocycles. The number of methoxy groups -OCH3 is 1. The van der Waals surface area contributed by atoms with E-state index in [1.165, 1.54) is 0 Å². The standard InChI is InChI=1S/C10H22N2OS2/c1-8(5-6-15-4)11-10(14)12-9(2)7-13-3/h8-9H,5-7H2,1-4H3,(H2,11,12,14). The van der Waals surface area contributed by atoms with Gasteiger partial charge in [0.1, 0.15) is 0 Å². The molecule has 2 atom stereocenters. The Morgan fingerprint density at radius 1 is 1.33 bits per heavy atom. The van der Waals surface area contributed by atoms with Crippen molar-refractivity contribution in [2.45, 2.75) is 32.4 Å². The van der Waals surface area contributed by atoms with E-state index in [2.05, 4.69) is 23.8 Å². The lowest BCUT2D eigenvalue weighted by Gasteiger charge is -2.19. The summed E-state index contributed by atoms with van der Waals surface area (Å²) in [6, 6.07) is 0.676. The molecule has 0 spiro atoms. The van der Waals surface area contributed by atoms with Crippen LogP contribution in [0.1, 0.15) is 20.3 Å². The van der Waals surface area contributed by atoms with Gasteiger partial charge in [0.2, 0.25) is 0 Å². The first kappa shape index (κ1) is 15.0. The molecule has 0 aliphatic rings. The van der Waals surface area contributed by atoms with Gasteiger partial charge in [0.05, 0.1) is 6.61 Å². The average molecular weight is 250 g/mol. The summed E-state index contributed by atoms with van der Waals surface area (Å²) in [5.74, 6) is 1.16. The van der Waals surface area contributed by atoms with Crippen LogP contribution in [0.15, 0.2) is 0 Å². The van der Waals surface area contributed by atoms with Gasteiger partial charge in [-0.3, -0.25) is 0 Å². The summed E-state index contributed by atoms with van der Waals surface area (Å²) in [5.41, 5.74) is 0. The van der Waals surface area contributed by atoms with Crippen molar-refractivity contribution in [3.63, 3.8) is 0 Å². The van der Waals surface area contributed by atoms with E-state index in [1.54, 1.807) is 7.11 Å². The van der Waals surface area contributed by atoms with Crippen LogP contribution in [-0.4, -0.2) is 42.9 Å². The molecule has 0 aromatic heterocycles. The highest BCUT2D eigenvalue weighted by Gasteiger charge is 2.06. The van der Waals surface area contributed by atoms with Crippen LogP contribution in [0.2, 0.25) is 0 Å². The molecule has 2 unspecified atom stereocenters. The molecule has 2 N–H and O–H groups in total. The first-order chi connectivity index (χ1) is 7.10. The number of hydrogen-bond acceptors (Lipinski definition) is 3. The molecule has 0 aromatic rings. The van der Waals surface area contributed by atoms with E-state index in [1.807, 2.05) is 18.7 Å². The van der Waals surface area contributed by atoms with Gasteiger partial charge in [-0.05, 0) is 44.5 Å². The first-order valence-corrected chi connectivity index (χ1v) is 6.95. The molecule has 0 heterocycles. The van der Waals surface area contributed by atoms with Crippen molar-refractivity contribution in [3.8, 4) is 0 Å². The van der Waals surface area contributed by atoms with Gasteiger partial charge in [-0.15, -0.1) is 0 Å². The lowest BCUT2D eigenvalue weighted by molar-refractivity contribution is 0.179. The van der Waals surface area contributed by atoms with Crippen molar-refractivity contribution in [2.24, 2.45) is 0 Å². The number of hydrogen-bond donors (Lipinski definition) is 2. The van der Waals surface area contributed by atoms with Crippen molar-refractivity contribution in [1.82, 2.24) is 10.6 Å². The normalized spacial score (nSPS) is 14.4. The zero-order valence-electron chi connectivity index (χ0n) is 10.0. The third kappa shape index (κ3) is 8.96. The van der Waals surface area contributed by atoms with Crippen molar-refractivity contribution in [3.05, 3.63) is 0 Å². The van der Waals surface area contributed by atoms with Crippen LogP contribution in [-0.2, 0) is 4.74 Å². The fraction of sp³-hybridized carbons (Fsp3) is 0.900. The fourth-order valence-electron chi connectivity index (χ4n) is 1.15. The van der Waals surface area contributed by atoms with Gasteiger partial charge in [-0.1, -0.05) is 0 Å². The minimum Gasteiger partial charge on any atom is -0.383 e. The molecular formula is C10H22N2OS2. The second-order valence-corrected chi connectivity index (χ2v) is 5.05. The molecule has 0 radical (unpaired) electrons. The maximum Gasteiger partial charge on any atom is 0.166 e. The number of rotatable bonds is 7. The minimum atomic E-state index is 0.253. The predicted molar refractivity (Wildman–Crippen MR) is 72.7 cm³/mol. The fourth-order valence-corrected chi connectivity index (χ4v) is 2.14. The first-order valence-electron chi connectivity index (χ1n) is 5.15. The maximum absolute atomic E-state index is 5.19. The molecule has 0 saturated carbocycles. The lowest BCUT2D eigenvalue weighted by atomic mass is 10.3. The van der Waals surface area contributed by atoms with Crippen LogP contribution in [0.5, 0.6) is 0 Å². The number of nitrogens with one attached hydrogen (secondary N) is 2. The van der Waals surface area contributed by atoms with E-state index in [0.29, 0.717) is 17.8 Å². The summed E-state index contributed by atoms with van der Waals surface area (Å²) in [6.45, 7) is 4.86. The van der Waals surface area contributed by atoms with E-state index < -0.39 is 0 Å². The van der Waals surface area contributed by atoms with Crippen molar-refractivity contribution >= 4 is 29.1 Å². The summed E-state index contributed by atoms with van der Waals surface area (Å²) >= 11 is 7.04. The molecule has 15 heavy (non-hydrogen) atoms.